The quantitative estimate of drug-likeness (QED) is 0.879. The number of aryl methyl sites for hydroxylation is 1. The summed E-state index contributed by atoms with van der Waals surface area (Å²) in [7, 11) is 0. The van der Waals surface area contributed by atoms with Gasteiger partial charge in [-0.3, -0.25) is 0 Å². The summed E-state index contributed by atoms with van der Waals surface area (Å²) in [4.78, 5) is 0. The van der Waals surface area contributed by atoms with Gasteiger partial charge in [0.1, 0.15) is 11.9 Å². The van der Waals surface area contributed by atoms with Crippen molar-refractivity contribution in [2.24, 2.45) is 5.73 Å². The fourth-order valence-electron chi connectivity index (χ4n) is 2.11. The van der Waals surface area contributed by atoms with Gasteiger partial charge in [-0.15, -0.1) is 0 Å². The minimum absolute atomic E-state index is 0.0597. The Morgan fingerprint density at radius 2 is 1.85 bits per heavy atom. The Bertz CT molecular complexity index is 554. The lowest BCUT2D eigenvalue weighted by atomic mass is 10.0. The van der Waals surface area contributed by atoms with Gasteiger partial charge in [0.05, 0.1) is 5.02 Å². The fourth-order valence-corrected chi connectivity index (χ4v) is 2.39. The van der Waals surface area contributed by atoms with E-state index in [0.29, 0.717) is 10.8 Å². The van der Waals surface area contributed by atoms with Crippen LogP contribution in [-0.4, -0.2) is 6.04 Å². The van der Waals surface area contributed by atoms with Crippen LogP contribution >= 0.6 is 11.6 Å². The first-order valence-corrected chi connectivity index (χ1v) is 7.17. The minimum atomic E-state index is -0.0867. The van der Waals surface area contributed by atoms with Gasteiger partial charge in [-0.05, 0) is 37.1 Å². The topological polar surface area (TPSA) is 35.2 Å². The molecular weight excluding hydrogens is 270 g/mol. The summed E-state index contributed by atoms with van der Waals surface area (Å²) in [6, 6.07) is 16.0. The normalized spacial score (nSPS) is 13.8. The summed E-state index contributed by atoms with van der Waals surface area (Å²) in [6.45, 7) is 3.99. The van der Waals surface area contributed by atoms with Crippen LogP contribution < -0.4 is 10.5 Å². The molecule has 106 valence electrons. The molecule has 0 fully saturated rings. The molecule has 0 heterocycles. The number of rotatable bonds is 5. The molecule has 0 bridgehead atoms. The third kappa shape index (κ3) is 3.99. The summed E-state index contributed by atoms with van der Waals surface area (Å²) in [5.74, 6) is 0.701. The Labute approximate surface area is 125 Å². The van der Waals surface area contributed by atoms with Crippen LogP contribution in [0, 0.1) is 6.92 Å². The lowest BCUT2D eigenvalue weighted by Crippen LogP contribution is -2.21. The summed E-state index contributed by atoms with van der Waals surface area (Å²) in [5.41, 5.74) is 8.16. The van der Waals surface area contributed by atoms with Crippen LogP contribution in [0.3, 0.4) is 0 Å². The smallest absolute Gasteiger partial charge is 0.138 e. The molecule has 0 saturated carbocycles. The Kier molecular flexibility index (Phi) is 5.05. The molecule has 2 aromatic rings. The first-order chi connectivity index (χ1) is 9.56. The van der Waals surface area contributed by atoms with Gasteiger partial charge >= 0.3 is 0 Å². The monoisotopic (exact) mass is 289 g/mol. The van der Waals surface area contributed by atoms with Crippen LogP contribution in [-0.2, 0) is 0 Å². The van der Waals surface area contributed by atoms with Gasteiger partial charge in [0.25, 0.3) is 0 Å². The van der Waals surface area contributed by atoms with E-state index in [1.165, 1.54) is 0 Å². The van der Waals surface area contributed by atoms with Crippen molar-refractivity contribution in [2.75, 3.05) is 0 Å². The second-order valence-electron chi connectivity index (χ2n) is 5.16. The van der Waals surface area contributed by atoms with Gasteiger partial charge in [0, 0.05) is 12.5 Å². The molecule has 0 radical (unpaired) electrons. The van der Waals surface area contributed by atoms with Gasteiger partial charge in [-0.1, -0.05) is 48.0 Å². The number of nitrogens with two attached hydrogens (primary N) is 1. The molecule has 2 aromatic carbocycles. The molecule has 2 atom stereocenters. The highest BCUT2D eigenvalue weighted by molar-refractivity contribution is 6.32. The van der Waals surface area contributed by atoms with Crippen molar-refractivity contribution >= 4 is 11.6 Å². The number of hydrogen-bond donors (Lipinski definition) is 1. The van der Waals surface area contributed by atoms with Gasteiger partial charge in [0.15, 0.2) is 0 Å². The molecule has 3 heteroatoms. The van der Waals surface area contributed by atoms with E-state index in [2.05, 4.69) is 12.1 Å². The molecule has 0 saturated heterocycles. The Hall–Kier alpha value is -1.51. The number of halogens is 1. The molecule has 20 heavy (non-hydrogen) atoms. The SMILES string of the molecule is Cc1ccc(OC(CC(C)N)c2ccccc2)c(Cl)c1. The van der Waals surface area contributed by atoms with Crippen molar-refractivity contribution in [3.05, 3.63) is 64.7 Å². The van der Waals surface area contributed by atoms with Gasteiger partial charge in [0.2, 0.25) is 0 Å². The Morgan fingerprint density at radius 3 is 2.45 bits per heavy atom. The van der Waals surface area contributed by atoms with E-state index in [-0.39, 0.29) is 12.1 Å². The highest BCUT2D eigenvalue weighted by atomic mass is 35.5. The standard InChI is InChI=1S/C17H20ClNO/c1-12-8-9-16(15(18)10-12)20-17(11-13(2)19)14-6-4-3-5-7-14/h3-10,13,17H,11,19H2,1-2H3. The zero-order valence-electron chi connectivity index (χ0n) is 11.8. The first kappa shape index (κ1) is 14.9. The van der Waals surface area contributed by atoms with Crippen molar-refractivity contribution in [2.45, 2.75) is 32.4 Å². The second-order valence-corrected chi connectivity index (χ2v) is 5.57. The molecular formula is C17H20ClNO. The minimum Gasteiger partial charge on any atom is -0.484 e. The van der Waals surface area contributed by atoms with E-state index in [9.17, 15) is 0 Å². The molecule has 2 nitrogen and oxygen atoms in total. The van der Waals surface area contributed by atoms with E-state index in [4.69, 9.17) is 22.1 Å². The molecule has 0 spiro atoms. The highest BCUT2D eigenvalue weighted by Gasteiger charge is 2.16. The molecule has 2 unspecified atom stereocenters. The van der Waals surface area contributed by atoms with Gasteiger partial charge in [-0.2, -0.15) is 0 Å². The zero-order valence-corrected chi connectivity index (χ0v) is 12.6. The Balaban J connectivity index is 2.24. The van der Waals surface area contributed by atoms with E-state index < -0.39 is 0 Å². The fraction of sp³-hybridized carbons (Fsp3) is 0.294. The summed E-state index contributed by atoms with van der Waals surface area (Å²) < 4.78 is 6.09. The maximum Gasteiger partial charge on any atom is 0.138 e. The predicted octanol–water partition coefficient (Wildman–Crippen LogP) is 4.51. The van der Waals surface area contributed by atoms with Crippen LogP contribution in [0.4, 0.5) is 0 Å². The van der Waals surface area contributed by atoms with E-state index in [0.717, 1.165) is 17.5 Å². The third-order valence-corrected chi connectivity index (χ3v) is 3.41. The van der Waals surface area contributed by atoms with Crippen molar-refractivity contribution in [3.8, 4) is 5.75 Å². The maximum atomic E-state index is 6.24. The van der Waals surface area contributed by atoms with Crippen LogP contribution in [0.1, 0.15) is 30.6 Å². The molecule has 0 amide bonds. The second kappa shape index (κ2) is 6.78. The number of benzene rings is 2. The number of ether oxygens (including phenoxy) is 1. The van der Waals surface area contributed by atoms with Crippen molar-refractivity contribution < 1.29 is 4.74 Å². The molecule has 0 aliphatic rings. The van der Waals surface area contributed by atoms with Crippen molar-refractivity contribution in [1.82, 2.24) is 0 Å². The molecule has 0 aliphatic carbocycles. The lowest BCUT2D eigenvalue weighted by molar-refractivity contribution is 0.187. The largest absolute Gasteiger partial charge is 0.484 e. The van der Waals surface area contributed by atoms with Gasteiger partial charge in [-0.25, -0.2) is 0 Å². The highest BCUT2D eigenvalue weighted by Crippen LogP contribution is 2.31. The predicted molar refractivity (Wildman–Crippen MR) is 84.3 cm³/mol. The van der Waals surface area contributed by atoms with Crippen LogP contribution in [0.5, 0.6) is 5.75 Å². The van der Waals surface area contributed by atoms with Crippen LogP contribution in [0.15, 0.2) is 48.5 Å². The average molecular weight is 290 g/mol. The number of hydrogen-bond acceptors (Lipinski definition) is 2. The molecule has 0 aromatic heterocycles. The summed E-state index contributed by atoms with van der Waals surface area (Å²) in [6.07, 6.45) is 0.658. The van der Waals surface area contributed by atoms with Crippen molar-refractivity contribution in [1.29, 1.82) is 0 Å². The summed E-state index contributed by atoms with van der Waals surface area (Å²) >= 11 is 6.24. The van der Waals surface area contributed by atoms with E-state index >= 15 is 0 Å². The third-order valence-electron chi connectivity index (χ3n) is 3.11. The molecule has 2 N–H and O–H groups in total. The zero-order chi connectivity index (χ0) is 14.5. The maximum absolute atomic E-state index is 6.24. The van der Waals surface area contributed by atoms with E-state index in [1.807, 2.05) is 50.2 Å². The van der Waals surface area contributed by atoms with Crippen LogP contribution in [0.25, 0.3) is 0 Å². The van der Waals surface area contributed by atoms with Crippen molar-refractivity contribution in [3.63, 3.8) is 0 Å². The first-order valence-electron chi connectivity index (χ1n) is 6.79. The van der Waals surface area contributed by atoms with E-state index in [1.54, 1.807) is 0 Å². The average Bonchev–Trinajstić information content (AvgIpc) is 2.41. The summed E-state index contributed by atoms with van der Waals surface area (Å²) in [5, 5.41) is 0.635. The van der Waals surface area contributed by atoms with Crippen LogP contribution in [0.2, 0.25) is 5.02 Å². The Morgan fingerprint density at radius 1 is 1.15 bits per heavy atom. The molecule has 2 rings (SSSR count). The lowest BCUT2D eigenvalue weighted by Gasteiger charge is -2.22. The van der Waals surface area contributed by atoms with Gasteiger partial charge < -0.3 is 10.5 Å². The molecule has 0 aliphatic heterocycles.